The summed E-state index contributed by atoms with van der Waals surface area (Å²) < 4.78 is 25.0. The minimum absolute atomic E-state index is 0.273. The number of carboxylic acids is 1. The number of carboxylic acid groups (broad SMARTS) is 1. The van der Waals surface area contributed by atoms with Gasteiger partial charge in [-0.3, -0.25) is 0 Å². The maximum atomic E-state index is 12.5. The van der Waals surface area contributed by atoms with Crippen LogP contribution in [-0.2, 0) is 14.6 Å². The van der Waals surface area contributed by atoms with E-state index in [1.165, 1.54) is 12.8 Å². The summed E-state index contributed by atoms with van der Waals surface area (Å²) in [6, 6.07) is 4.17. The molecule has 2 aliphatic carbocycles. The zero-order valence-electron chi connectivity index (χ0n) is 15.9. The molecule has 0 amide bonds. The average Bonchev–Trinajstić information content (AvgIpc) is 3.53. The largest absolute Gasteiger partial charge is 0.480 e. The molecule has 3 aliphatic rings. The van der Waals surface area contributed by atoms with Crippen molar-refractivity contribution in [3.63, 3.8) is 0 Å². The Morgan fingerprint density at radius 1 is 1.21 bits per heavy atom. The van der Waals surface area contributed by atoms with Crippen LogP contribution in [0.1, 0.15) is 56.9 Å². The van der Waals surface area contributed by atoms with E-state index in [1.807, 2.05) is 0 Å². The quantitative estimate of drug-likeness (QED) is 0.777. The zero-order chi connectivity index (χ0) is 19.9. The molecular weight excluding hydrogens is 376 g/mol. The first-order valence-electron chi connectivity index (χ1n) is 10.0. The lowest BCUT2D eigenvalue weighted by Crippen LogP contribution is -2.41. The van der Waals surface area contributed by atoms with Gasteiger partial charge < -0.3 is 10.0 Å². The molecule has 1 heterocycles. The smallest absolute Gasteiger partial charge is 0.326 e. The lowest BCUT2D eigenvalue weighted by Gasteiger charge is -2.34. The summed E-state index contributed by atoms with van der Waals surface area (Å²) in [7, 11) is -3.29. The number of fused-ring (bicyclic) bond motifs is 1. The normalized spacial score (nSPS) is 21.4. The maximum absolute atomic E-state index is 12.5. The maximum Gasteiger partial charge on any atom is 0.326 e. The first-order chi connectivity index (χ1) is 13.4. The van der Waals surface area contributed by atoms with Crippen molar-refractivity contribution in [2.75, 3.05) is 0 Å². The predicted octanol–water partition coefficient (Wildman–Crippen LogP) is 3.99. The Bertz CT molecular complexity index is 928. The molecule has 0 radical (unpaired) electrons. The van der Waals surface area contributed by atoms with E-state index in [0.29, 0.717) is 42.1 Å². The Balaban J connectivity index is 1.58. The van der Waals surface area contributed by atoms with Crippen LogP contribution >= 0.6 is 0 Å². The van der Waals surface area contributed by atoms with Crippen molar-refractivity contribution in [2.45, 2.75) is 67.6 Å². The van der Waals surface area contributed by atoms with Crippen LogP contribution in [0.4, 0.5) is 5.69 Å². The van der Waals surface area contributed by atoms with Crippen LogP contribution < -0.4 is 0 Å². The second-order valence-electron chi connectivity index (χ2n) is 8.12. The molecule has 4 rings (SSSR count). The number of benzene rings is 1. The van der Waals surface area contributed by atoms with Crippen molar-refractivity contribution >= 4 is 33.5 Å². The third-order valence-corrected chi connectivity index (χ3v) is 8.37. The standard InChI is InChI=1S/C21H26N2O4S/c1-14-18-10-9-17(28(26,27)16-7-8-16)12-19(18)22-13-23(14)20(21(24)25)11-15-5-3-2-4-6-15/h9-10,12-13,15-16,20H,1-8,11H2,(H,24,25). The first kappa shape index (κ1) is 19.2. The summed E-state index contributed by atoms with van der Waals surface area (Å²) in [6.45, 7) is 4.09. The fraction of sp³-hybridized carbons (Fsp3) is 0.524. The van der Waals surface area contributed by atoms with E-state index in [-0.39, 0.29) is 10.1 Å². The monoisotopic (exact) mass is 402 g/mol. The Hall–Kier alpha value is -2.15. The van der Waals surface area contributed by atoms with E-state index in [0.717, 1.165) is 25.7 Å². The van der Waals surface area contributed by atoms with Crippen LogP contribution in [-0.4, -0.2) is 42.0 Å². The van der Waals surface area contributed by atoms with E-state index in [4.69, 9.17) is 0 Å². The van der Waals surface area contributed by atoms with E-state index < -0.39 is 21.8 Å². The highest BCUT2D eigenvalue weighted by molar-refractivity contribution is 7.92. The van der Waals surface area contributed by atoms with E-state index in [1.54, 1.807) is 23.1 Å². The summed E-state index contributed by atoms with van der Waals surface area (Å²) in [5.41, 5.74) is 1.78. The van der Waals surface area contributed by atoms with Gasteiger partial charge in [-0.05, 0) is 43.4 Å². The molecule has 1 atom stereocenters. The number of aliphatic carboxylic acids is 1. The van der Waals surface area contributed by atoms with E-state index >= 15 is 0 Å². The Kier molecular flexibility index (Phi) is 5.04. The van der Waals surface area contributed by atoms with Crippen LogP contribution in [0.15, 0.2) is 34.7 Å². The van der Waals surface area contributed by atoms with Crippen molar-refractivity contribution < 1.29 is 18.3 Å². The highest BCUT2D eigenvalue weighted by Gasteiger charge is 2.38. The van der Waals surface area contributed by atoms with Crippen LogP contribution in [0, 0.1) is 5.92 Å². The van der Waals surface area contributed by atoms with Gasteiger partial charge in [-0.25, -0.2) is 18.2 Å². The number of nitrogens with zero attached hydrogens (tertiary/aromatic N) is 2. The van der Waals surface area contributed by atoms with E-state index in [9.17, 15) is 18.3 Å². The van der Waals surface area contributed by atoms with Crippen LogP contribution in [0.5, 0.6) is 0 Å². The molecule has 0 bridgehead atoms. The summed E-state index contributed by atoms with van der Waals surface area (Å²) in [5.74, 6) is -0.474. The molecule has 0 spiro atoms. The zero-order valence-corrected chi connectivity index (χ0v) is 16.7. The minimum atomic E-state index is -3.29. The fourth-order valence-electron chi connectivity index (χ4n) is 4.28. The van der Waals surface area contributed by atoms with Crippen molar-refractivity contribution in [3.05, 3.63) is 30.3 Å². The lowest BCUT2D eigenvalue weighted by molar-refractivity contribution is -0.141. The first-order valence-corrected chi connectivity index (χ1v) is 11.5. The summed E-state index contributed by atoms with van der Waals surface area (Å²) >= 11 is 0. The summed E-state index contributed by atoms with van der Waals surface area (Å²) in [5, 5.41) is 9.54. The summed E-state index contributed by atoms with van der Waals surface area (Å²) in [4.78, 5) is 18.3. The van der Waals surface area contributed by atoms with Crippen molar-refractivity contribution in [1.82, 2.24) is 4.90 Å². The number of carbonyl (C=O) groups is 1. The highest BCUT2D eigenvalue weighted by Crippen LogP contribution is 2.39. The molecule has 150 valence electrons. The number of hydrogen-bond acceptors (Lipinski definition) is 5. The van der Waals surface area contributed by atoms with Crippen molar-refractivity contribution in [2.24, 2.45) is 10.9 Å². The fourth-order valence-corrected chi connectivity index (χ4v) is 5.96. The van der Waals surface area contributed by atoms with Gasteiger partial charge >= 0.3 is 5.97 Å². The predicted molar refractivity (Wildman–Crippen MR) is 108 cm³/mol. The van der Waals surface area contributed by atoms with Gasteiger partial charge in [0, 0.05) is 11.3 Å². The van der Waals surface area contributed by atoms with Gasteiger partial charge in [0.2, 0.25) is 0 Å². The molecule has 1 unspecified atom stereocenters. The average molecular weight is 403 g/mol. The molecule has 0 saturated heterocycles. The second-order valence-corrected chi connectivity index (χ2v) is 10.3. The topological polar surface area (TPSA) is 87.0 Å². The SMILES string of the molecule is C=C1c2ccc(S(=O)(=O)C3CC3)cc2N=CN1C(CC1CCCCC1)C(=O)O. The number of hydrogen-bond donors (Lipinski definition) is 1. The molecule has 0 aromatic heterocycles. The van der Waals surface area contributed by atoms with Gasteiger partial charge in [-0.1, -0.05) is 38.7 Å². The molecule has 1 aromatic rings. The molecule has 28 heavy (non-hydrogen) atoms. The Morgan fingerprint density at radius 2 is 1.93 bits per heavy atom. The molecule has 2 fully saturated rings. The Morgan fingerprint density at radius 3 is 2.57 bits per heavy atom. The highest BCUT2D eigenvalue weighted by atomic mass is 32.2. The number of aliphatic imine (C=N–C) groups is 1. The van der Waals surface area contributed by atoms with Gasteiger partial charge in [0.25, 0.3) is 0 Å². The Labute approximate surface area is 165 Å². The van der Waals surface area contributed by atoms with Crippen LogP contribution in [0.3, 0.4) is 0 Å². The molecule has 7 heteroatoms. The summed E-state index contributed by atoms with van der Waals surface area (Å²) in [6.07, 6.45) is 9.19. The number of rotatable bonds is 6. The third kappa shape index (κ3) is 3.60. The molecule has 1 N–H and O–H groups in total. The second kappa shape index (κ2) is 7.35. The van der Waals surface area contributed by atoms with Crippen molar-refractivity contribution in [3.8, 4) is 0 Å². The van der Waals surface area contributed by atoms with Crippen LogP contribution in [0.2, 0.25) is 0 Å². The molecular formula is C21H26N2O4S. The van der Waals surface area contributed by atoms with Crippen LogP contribution in [0.25, 0.3) is 5.70 Å². The van der Waals surface area contributed by atoms with Crippen molar-refractivity contribution in [1.29, 1.82) is 0 Å². The van der Waals surface area contributed by atoms with Gasteiger partial charge in [0.1, 0.15) is 6.04 Å². The van der Waals surface area contributed by atoms with Gasteiger partial charge in [-0.2, -0.15) is 0 Å². The molecule has 1 aromatic carbocycles. The van der Waals surface area contributed by atoms with Gasteiger partial charge in [-0.15, -0.1) is 0 Å². The molecule has 1 aliphatic heterocycles. The van der Waals surface area contributed by atoms with E-state index in [2.05, 4.69) is 11.6 Å². The number of sulfone groups is 1. The molecule has 2 saturated carbocycles. The lowest BCUT2D eigenvalue weighted by atomic mass is 9.84. The third-order valence-electron chi connectivity index (χ3n) is 6.11. The van der Waals surface area contributed by atoms with Gasteiger partial charge in [0.05, 0.1) is 22.2 Å². The molecule has 6 nitrogen and oxygen atoms in total. The van der Waals surface area contributed by atoms with Gasteiger partial charge in [0.15, 0.2) is 9.84 Å². The minimum Gasteiger partial charge on any atom is -0.480 e.